The third-order valence-corrected chi connectivity index (χ3v) is 3.85. The minimum Gasteiger partial charge on any atom is -0.256 e. The molecule has 0 unspecified atom stereocenters. The van der Waals surface area contributed by atoms with E-state index in [9.17, 15) is 13.2 Å². The average Bonchev–Trinajstić information content (AvgIpc) is 2.46. The second kappa shape index (κ2) is 5.29. The summed E-state index contributed by atoms with van der Waals surface area (Å²) >= 11 is 6.17. The SMILES string of the molecule is Cc1cc(-c2ccc(C(F)(F)F)cc2)cc2nccc(Cl)c12. The molecule has 0 N–H and O–H groups in total. The van der Waals surface area contributed by atoms with E-state index in [0.29, 0.717) is 10.6 Å². The fourth-order valence-corrected chi connectivity index (χ4v) is 2.77. The van der Waals surface area contributed by atoms with Gasteiger partial charge in [-0.15, -0.1) is 0 Å². The summed E-state index contributed by atoms with van der Waals surface area (Å²) in [6, 6.07) is 10.5. The Kier molecular flexibility index (Phi) is 3.57. The summed E-state index contributed by atoms with van der Waals surface area (Å²) in [4.78, 5) is 4.28. The molecule has 0 saturated heterocycles. The maximum atomic E-state index is 12.6. The first kappa shape index (κ1) is 14.9. The molecule has 112 valence electrons. The molecule has 1 heterocycles. The molecule has 0 saturated carbocycles. The molecule has 0 amide bonds. The van der Waals surface area contributed by atoms with Crippen molar-refractivity contribution in [3.05, 3.63) is 64.8 Å². The van der Waals surface area contributed by atoms with E-state index in [1.807, 2.05) is 19.1 Å². The van der Waals surface area contributed by atoms with Gasteiger partial charge in [0.05, 0.1) is 16.1 Å². The minimum absolute atomic E-state index is 0.612. The zero-order chi connectivity index (χ0) is 15.9. The fraction of sp³-hybridized carbons (Fsp3) is 0.118. The molecule has 1 aromatic heterocycles. The van der Waals surface area contributed by atoms with Crippen LogP contribution in [-0.4, -0.2) is 4.98 Å². The third kappa shape index (κ3) is 2.66. The molecule has 0 radical (unpaired) electrons. The highest BCUT2D eigenvalue weighted by Crippen LogP contribution is 2.33. The minimum atomic E-state index is -4.33. The molecule has 5 heteroatoms. The lowest BCUT2D eigenvalue weighted by atomic mass is 9.99. The highest BCUT2D eigenvalue weighted by atomic mass is 35.5. The van der Waals surface area contributed by atoms with E-state index < -0.39 is 11.7 Å². The number of hydrogen-bond donors (Lipinski definition) is 0. The van der Waals surface area contributed by atoms with Gasteiger partial charge in [-0.1, -0.05) is 29.8 Å². The number of pyridine rings is 1. The van der Waals surface area contributed by atoms with Crippen LogP contribution in [0.25, 0.3) is 22.0 Å². The van der Waals surface area contributed by atoms with Crippen LogP contribution < -0.4 is 0 Å². The highest BCUT2D eigenvalue weighted by molar-refractivity contribution is 6.35. The van der Waals surface area contributed by atoms with Crippen molar-refractivity contribution < 1.29 is 13.2 Å². The van der Waals surface area contributed by atoms with Gasteiger partial charge in [0, 0.05) is 11.6 Å². The summed E-state index contributed by atoms with van der Waals surface area (Å²) in [5, 5.41) is 1.47. The summed E-state index contributed by atoms with van der Waals surface area (Å²) in [6.07, 6.45) is -2.71. The van der Waals surface area contributed by atoms with E-state index >= 15 is 0 Å². The van der Waals surface area contributed by atoms with Crippen molar-refractivity contribution in [1.29, 1.82) is 0 Å². The van der Waals surface area contributed by atoms with Crippen LogP contribution >= 0.6 is 11.6 Å². The van der Waals surface area contributed by atoms with Gasteiger partial charge in [-0.05, 0) is 47.9 Å². The predicted molar refractivity (Wildman–Crippen MR) is 81.9 cm³/mol. The van der Waals surface area contributed by atoms with Gasteiger partial charge in [-0.3, -0.25) is 4.98 Å². The number of fused-ring (bicyclic) bond motifs is 1. The Balaban J connectivity index is 2.11. The van der Waals surface area contributed by atoms with Gasteiger partial charge in [0.2, 0.25) is 0 Å². The first-order valence-corrected chi connectivity index (χ1v) is 6.96. The van der Waals surface area contributed by atoms with Crippen molar-refractivity contribution in [3.8, 4) is 11.1 Å². The standard InChI is InChI=1S/C17H11ClF3N/c1-10-8-12(9-15-16(10)14(18)6-7-22-15)11-2-4-13(5-3-11)17(19,20)21/h2-9H,1H3. The van der Waals surface area contributed by atoms with E-state index in [4.69, 9.17) is 11.6 Å². The van der Waals surface area contributed by atoms with Crippen LogP contribution in [0, 0.1) is 6.92 Å². The molecule has 0 atom stereocenters. The van der Waals surface area contributed by atoms with Crippen LogP contribution in [0.4, 0.5) is 13.2 Å². The molecule has 3 rings (SSSR count). The number of halogens is 4. The van der Waals surface area contributed by atoms with Crippen LogP contribution in [-0.2, 0) is 6.18 Å². The summed E-state index contributed by atoms with van der Waals surface area (Å²) in [6.45, 7) is 1.91. The van der Waals surface area contributed by atoms with Crippen molar-refractivity contribution in [1.82, 2.24) is 4.98 Å². The monoisotopic (exact) mass is 321 g/mol. The normalized spacial score (nSPS) is 11.9. The summed E-state index contributed by atoms with van der Waals surface area (Å²) in [7, 11) is 0. The lowest BCUT2D eigenvalue weighted by Crippen LogP contribution is -2.04. The lowest BCUT2D eigenvalue weighted by molar-refractivity contribution is -0.137. The Morgan fingerprint density at radius 1 is 0.955 bits per heavy atom. The molecular formula is C17H11ClF3N. The Bertz CT molecular complexity index is 839. The van der Waals surface area contributed by atoms with Crippen molar-refractivity contribution in [2.75, 3.05) is 0 Å². The number of nitrogens with zero attached hydrogens (tertiary/aromatic N) is 1. The van der Waals surface area contributed by atoms with E-state index in [2.05, 4.69) is 4.98 Å². The largest absolute Gasteiger partial charge is 0.416 e. The number of alkyl halides is 3. The van der Waals surface area contributed by atoms with Crippen LogP contribution in [0.3, 0.4) is 0 Å². The summed E-state index contributed by atoms with van der Waals surface area (Å²) in [5.41, 5.74) is 2.52. The zero-order valence-electron chi connectivity index (χ0n) is 11.6. The summed E-state index contributed by atoms with van der Waals surface area (Å²) < 4.78 is 37.8. The van der Waals surface area contributed by atoms with Gasteiger partial charge in [0.25, 0.3) is 0 Å². The Morgan fingerprint density at radius 3 is 2.27 bits per heavy atom. The average molecular weight is 322 g/mol. The zero-order valence-corrected chi connectivity index (χ0v) is 12.3. The van der Waals surface area contributed by atoms with Gasteiger partial charge in [-0.2, -0.15) is 13.2 Å². The molecule has 0 aliphatic carbocycles. The van der Waals surface area contributed by atoms with Crippen molar-refractivity contribution >= 4 is 22.5 Å². The topological polar surface area (TPSA) is 12.9 Å². The number of aromatic nitrogens is 1. The maximum absolute atomic E-state index is 12.6. The molecule has 3 aromatic rings. The fourth-order valence-electron chi connectivity index (χ4n) is 2.47. The van der Waals surface area contributed by atoms with Crippen molar-refractivity contribution in [2.45, 2.75) is 13.1 Å². The predicted octanol–water partition coefficient (Wildman–Crippen LogP) is 5.88. The third-order valence-electron chi connectivity index (χ3n) is 3.53. The second-order valence-electron chi connectivity index (χ2n) is 5.06. The molecular weight excluding hydrogens is 311 g/mol. The Morgan fingerprint density at radius 2 is 1.64 bits per heavy atom. The van der Waals surface area contributed by atoms with Gasteiger partial charge in [-0.25, -0.2) is 0 Å². The van der Waals surface area contributed by atoms with E-state index in [1.54, 1.807) is 12.3 Å². The number of rotatable bonds is 1. The number of hydrogen-bond acceptors (Lipinski definition) is 1. The molecule has 0 spiro atoms. The van der Waals surface area contributed by atoms with Crippen LogP contribution in [0.5, 0.6) is 0 Å². The number of aryl methyl sites for hydroxylation is 1. The Labute approximate surface area is 130 Å². The van der Waals surface area contributed by atoms with Crippen molar-refractivity contribution in [2.24, 2.45) is 0 Å². The maximum Gasteiger partial charge on any atom is 0.416 e. The molecule has 0 bridgehead atoms. The molecule has 2 aromatic carbocycles. The van der Waals surface area contributed by atoms with Crippen LogP contribution in [0.1, 0.15) is 11.1 Å². The van der Waals surface area contributed by atoms with Crippen LogP contribution in [0.15, 0.2) is 48.7 Å². The van der Waals surface area contributed by atoms with E-state index in [0.717, 1.165) is 34.2 Å². The summed E-state index contributed by atoms with van der Waals surface area (Å²) in [5.74, 6) is 0. The molecule has 0 aliphatic rings. The first-order valence-electron chi connectivity index (χ1n) is 6.59. The van der Waals surface area contributed by atoms with Gasteiger partial charge >= 0.3 is 6.18 Å². The first-order chi connectivity index (χ1) is 10.4. The van der Waals surface area contributed by atoms with E-state index in [1.165, 1.54) is 12.1 Å². The molecule has 0 aliphatic heterocycles. The molecule has 1 nitrogen and oxygen atoms in total. The molecule has 0 fully saturated rings. The smallest absolute Gasteiger partial charge is 0.256 e. The van der Waals surface area contributed by atoms with Gasteiger partial charge in [0.15, 0.2) is 0 Å². The van der Waals surface area contributed by atoms with Gasteiger partial charge in [0.1, 0.15) is 0 Å². The second-order valence-corrected chi connectivity index (χ2v) is 5.46. The lowest BCUT2D eigenvalue weighted by Gasteiger charge is -2.10. The molecule has 22 heavy (non-hydrogen) atoms. The van der Waals surface area contributed by atoms with E-state index in [-0.39, 0.29) is 0 Å². The number of benzene rings is 2. The Hall–Kier alpha value is -2.07. The van der Waals surface area contributed by atoms with Gasteiger partial charge < -0.3 is 0 Å². The quantitative estimate of drug-likeness (QED) is 0.545. The highest BCUT2D eigenvalue weighted by Gasteiger charge is 2.29. The van der Waals surface area contributed by atoms with Crippen LogP contribution in [0.2, 0.25) is 5.02 Å². The van der Waals surface area contributed by atoms with Crippen molar-refractivity contribution in [3.63, 3.8) is 0 Å².